The smallest absolute Gasteiger partial charge is 0.278 e. The van der Waals surface area contributed by atoms with Gasteiger partial charge in [-0.3, -0.25) is 5.10 Å². The fourth-order valence-corrected chi connectivity index (χ4v) is 3.28. The molecule has 3 aromatic rings. The van der Waals surface area contributed by atoms with E-state index in [9.17, 15) is 4.39 Å². The van der Waals surface area contributed by atoms with E-state index in [1.54, 1.807) is 12.1 Å². The van der Waals surface area contributed by atoms with Crippen molar-refractivity contribution >= 4 is 0 Å². The summed E-state index contributed by atoms with van der Waals surface area (Å²) in [6.45, 7) is 2.03. The van der Waals surface area contributed by atoms with E-state index in [-0.39, 0.29) is 5.82 Å². The Hall–Kier alpha value is -2.58. The van der Waals surface area contributed by atoms with Crippen LogP contribution in [0.25, 0.3) is 23.0 Å². The Morgan fingerprint density at radius 1 is 1.22 bits per heavy atom. The summed E-state index contributed by atoms with van der Waals surface area (Å²) in [6.07, 6.45) is 1.95. The number of H-pyrrole nitrogens is 1. The number of hydrogen-bond donors (Lipinski definition) is 1. The van der Waals surface area contributed by atoms with Gasteiger partial charge in [0, 0.05) is 42.5 Å². The molecule has 27 heavy (non-hydrogen) atoms. The molecule has 1 aromatic carbocycles. The summed E-state index contributed by atoms with van der Waals surface area (Å²) < 4.78 is 24.8. The predicted molar refractivity (Wildman–Crippen MR) is 97.5 cm³/mol. The zero-order valence-electron chi connectivity index (χ0n) is 15.4. The molecule has 8 heteroatoms. The van der Waals surface area contributed by atoms with Crippen LogP contribution in [-0.2, 0) is 11.3 Å². The third-order valence-corrected chi connectivity index (χ3v) is 4.69. The van der Waals surface area contributed by atoms with Crippen molar-refractivity contribution in [1.82, 2.24) is 25.2 Å². The van der Waals surface area contributed by atoms with Gasteiger partial charge in [-0.2, -0.15) is 10.1 Å². The van der Waals surface area contributed by atoms with E-state index in [1.807, 2.05) is 25.1 Å². The molecule has 0 atom stereocenters. The Kier molecular flexibility index (Phi) is 5.00. The highest BCUT2D eigenvalue weighted by atomic mass is 19.1. The Labute approximate surface area is 156 Å². The standard InChI is InChI=1S/C19H22FN5O2/c1-25(2)11-14-9-13(3-4-15(14)20)18-21-19(27-24-18)17-10-16(22-23-17)12-5-7-26-8-6-12/h3-4,9-10,12H,5-8,11H2,1-2H3,(H,22,23). The highest BCUT2D eigenvalue weighted by Gasteiger charge is 2.21. The van der Waals surface area contributed by atoms with Gasteiger partial charge >= 0.3 is 0 Å². The summed E-state index contributed by atoms with van der Waals surface area (Å²) in [5, 5.41) is 11.4. The number of hydrogen-bond acceptors (Lipinski definition) is 6. The van der Waals surface area contributed by atoms with Crippen LogP contribution in [0.1, 0.15) is 30.0 Å². The molecule has 1 N–H and O–H groups in total. The average molecular weight is 371 g/mol. The van der Waals surface area contributed by atoms with E-state index >= 15 is 0 Å². The Bertz CT molecular complexity index is 914. The highest BCUT2D eigenvalue weighted by Crippen LogP contribution is 2.29. The van der Waals surface area contributed by atoms with Gasteiger partial charge in [0.1, 0.15) is 5.82 Å². The number of aromatic amines is 1. The van der Waals surface area contributed by atoms with Crippen molar-refractivity contribution in [3.8, 4) is 23.0 Å². The molecule has 2 aromatic heterocycles. The topological polar surface area (TPSA) is 80.1 Å². The van der Waals surface area contributed by atoms with Crippen LogP contribution >= 0.6 is 0 Å². The van der Waals surface area contributed by atoms with Gasteiger partial charge in [-0.1, -0.05) is 5.16 Å². The van der Waals surface area contributed by atoms with Gasteiger partial charge in [0.15, 0.2) is 5.69 Å². The summed E-state index contributed by atoms with van der Waals surface area (Å²) in [6, 6.07) is 6.79. The van der Waals surface area contributed by atoms with Gasteiger partial charge in [0.2, 0.25) is 5.82 Å². The summed E-state index contributed by atoms with van der Waals surface area (Å²) in [4.78, 5) is 6.35. The van der Waals surface area contributed by atoms with Crippen LogP contribution in [0.4, 0.5) is 4.39 Å². The summed E-state index contributed by atoms with van der Waals surface area (Å²) in [5.41, 5.74) is 2.97. The molecule has 0 unspecified atom stereocenters. The summed E-state index contributed by atoms with van der Waals surface area (Å²) in [5.74, 6) is 0.927. The van der Waals surface area contributed by atoms with Gasteiger partial charge in [-0.05, 0) is 51.2 Å². The minimum absolute atomic E-state index is 0.246. The number of nitrogens with zero attached hydrogens (tertiary/aromatic N) is 4. The van der Waals surface area contributed by atoms with Crippen LogP contribution in [0.2, 0.25) is 0 Å². The van der Waals surface area contributed by atoms with Crippen LogP contribution in [0.15, 0.2) is 28.8 Å². The first-order chi connectivity index (χ1) is 13.1. The fourth-order valence-electron chi connectivity index (χ4n) is 3.28. The van der Waals surface area contributed by atoms with Crippen molar-refractivity contribution in [2.75, 3.05) is 27.3 Å². The lowest BCUT2D eigenvalue weighted by Crippen LogP contribution is -2.14. The van der Waals surface area contributed by atoms with Crippen LogP contribution in [0.5, 0.6) is 0 Å². The molecular weight excluding hydrogens is 349 g/mol. The molecule has 1 aliphatic heterocycles. The zero-order valence-corrected chi connectivity index (χ0v) is 15.4. The Morgan fingerprint density at radius 2 is 2.04 bits per heavy atom. The molecular formula is C19H22FN5O2. The quantitative estimate of drug-likeness (QED) is 0.742. The molecule has 3 heterocycles. The SMILES string of the molecule is CN(C)Cc1cc(-c2noc(-c3cc(C4CCOCC4)[nH]n3)n2)ccc1F. The van der Waals surface area contributed by atoms with Gasteiger partial charge in [0.25, 0.3) is 5.89 Å². The number of benzene rings is 1. The molecule has 4 rings (SSSR count). The average Bonchev–Trinajstić information content (AvgIpc) is 3.33. The Balaban J connectivity index is 1.56. The molecule has 0 bridgehead atoms. The summed E-state index contributed by atoms with van der Waals surface area (Å²) >= 11 is 0. The van der Waals surface area contributed by atoms with Crippen molar-refractivity contribution in [1.29, 1.82) is 0 Å². The van der Waals surface area contributed by atoms with Gasteiger partial charge in [0.05, 0.1) is 0 Å². The fraction of sp³-hybridized carbons (Fsp3) is 0.421. The van der Waals surface area contributed by atoms with Crippen molar-refractivity contribution in [3.05, 3.63) is 41.3 Å². The van der Waals surface area contributed by atoms with Gasteiger partial charge in [-0.25, -0.2) is 4.39 Å². The van der Waals surface area contributed by atoms with Gasteiger partial charge in [-0.15, -0.1) is 0 Å². The van der Waals surface area contributed by atoms with E-state index in [0.717, 1.165) is 31.7 Å². The monoisotopic (exact) mass is 371 g/mol. The number of halogens is 1. The minimum atomic E-state index is -0.246. The van der Waals surface area contributed by atoms with E-state index in [2.05, 4.69) is 20.3 Å². The van der Waals surface area contributed by atoms with E-state index in [1.165, 1.54) is 6.07 Å². The maximum absolute atomic E-state index is 14.0. The third kappa shape index (κ3) is 3.91. The molecule has 1 aliphatic rings. The van der Waals surface area contributed by atoms with E-state index in [0.29, 0.717) is 41.0 Å². The number of rotatable bonds is 5. The second kappa shape index (κ2) is 7.58. The number of ether oxygens (including phenoxy) is 1. The molecule has 1 saturated heterocycles. The maximum Gasteiger partial charge on any atom is 0.278 e. The molecule has 1 fully saturated rings. The second-order valence-electron chi connectivity index (χ2n) is 7.06. The molecule has 0 saturated carbocycles. The van der Waals surface area contributed by atoms with Crippen molar-refractivity contribution in [2.45, 2.75) is 25.3 Å². The maximum atomic E-state index is 14.0. The first-order valence-electron chi connectivity index (χ1n) is 9.01. The normalized spacial score (nSPS) is 15.6. The van der Waals surface area contributed by atoms with Crippen molar-refractivity contribution in [3.63, 3.8) is 0 Å². The highest BCUT2D eigenvalue weighted by molar-refractivity contribution is 5.59. The van der Waals surface area contributed by atoms with E-state index < -0.39 is 0 Å². The molecule has 142 valence electrons. The first-order valence-corrected chi connectivity index (χ1v) is 9.01. The Morgan fingerprint density at radius 3 is 2.81 bits per heavy atom. The minimum Gasteiger partial charge on any atom is -0.381 e. The molecule has 0 amide bonds. The van der Waals surface area contributed by atoms with E-state index in [4.69, 9.17) is 9.26 Å². The largest absolute Gasteiger partial charge is 0.381 e. The molecule has 0 aliphatic carbocycles. The van der Waals surface area contributed by atoms with Crippen molar-refractivity contribution in [2.24, 2.45) is 0 Å². The van der Waals surface area contributed by atoms with Crippen LogP contribution in [0.3, 0.4) is 0 Å². The third-order valence-electron chi connectivity index (χ3n) is 4.69. The molecule has 7 nitrogen and oxygen atoms in total. The zero-order chi connectivity index (χ0) is 18.8. The van der Waals surface area contributed by atoms with Gasteiger partial charge < -0.3 is 14.2 Å². The number of aromatic nitrogens is 4. The lowest BCUT2D eigenvalue weighted by atomic mass is 9.96. The van der Waals surface area contributed by atoms with Crippen LogP contribution in [0, 0.1) is 5.82 Å². The molecule has 0 radical (unpaired) electrons. The van der Waals surface area contributed by atoms with Crippen LogP contribution in [-0.4, -0.2) is 52.5 Å². The van der Waals surface area contributed by atoms with Crippen molar-refractivity contribution < 1.29 is 13.7 Å². The van der Waals surface area contributed by atoms with Crippen LogP contribution < -0.4 is 0 Å². The lowest BCUT2D eigenvalue weighted by Gasteiger charge is -2.20. The number of nitrogens with one attached hydrogen (secondary N) is 1. The second-order valence-corrected chi connectivity index (χ2v) is 7.06. The lowest BCUT2D eigenvalue weighted by molar-refractivity contribution is 0.0845. The summed E-state index contributed by atoms with van der Waals surface area (Å²) in [7, 11) is 3.79. The molecule has 0 spiro atoms. The first kappa shape index (κ1) is 17.8. The predicted octanol–water partition coefficient (Wildman–Crippen LogP) is 3.22.